The van der Waals surface area contributed by atoms with Gasteiger partial charge in [-0.1, -0.05) is 29.8 Å². The molecule has 0 atom stereocenters. The van der Waals surface area contributed by atoms with Gasteiger partial charge in [0.05, 0.1) is 17.0 Å². The molecule has 0 heterocycles. The summed E-state index contributed by atoms with van der Waals surface area (Å²) in [4.78, 5) is 23.7. The van der Waals surface area contributed by atoms with Crippen molar-refractivity contribution in [1.29, 1.82) is 0 Å². The van der Waals surface area contributed by atoms with E-state index in [1.54, 1.807) is 19.1 Å². The number of hydrazine groups is 1. The van der Waals surface area contributed by atoms with Crippen molar-refractivity contribution in [2.24, 2.45) is 0 Å². The number of sulfonamides is 1. The highest BCUT2D eigenvalue weighted by Crippen LogP contribution is 2.35. The van der Waals surface area contributed by atoms with Gasteiger partial charge in [0.15, 0.2) is 6.61 Å². The van der Waals surface area contributed by atoms with Crippen LogP contribution in [0.3, 0.4) is 0 Å². The molecule has 0 aliphatic rings. The van der Waals surface area contributed by atoms with Crippen LogP contribution in [0.1, 0.15) is 11.1 Å². The third-order valence-electron chi connectivity index (χ3n) is 3.99. The molecule has 31 heavy (non-hydrogen) atoms. The summed E-state index contributed by atoms with van der Waals surface area (Å²) in [5, 5.41) is 0. The van der Waals surface area contributed by atoms with E-state index in [0.29, 0.717) is 0 Å². The van der Waals surface area contributed by atoms with Crippen molar-refractivity contribution >= 4 is 21.8 Å². The zero-order chi connectivity index (χ0) is 23.2. The molecule has 2 rings (SSSR count). The smallest absolute Gasteiger partial charge is 0.419 e. The number of hydrogen-bond acceptors (Lipinski definition) is 5. The Bertz CT molecular complexity index is 1040. The SMILES string of the molecule is Cc1ccc(S(=O)(=O)N(C)CC(=O)NNC(=O)COc2ccccc2C(F)(F)F)cc1. The molecule has 0 unspecified atom stereocenters. The fourth-order valence-corrected chi connectivity index (χ4v) is 3.49. The number of alkyl halides is 3. The Morgan fingerprint density at radius 3 is 2.19 bits per heavy atom. The van der Waals surface area contributed by atoms with Crippen molar-refractivity contribution in [3.05, 3.63) is 59.7 Å². The van der Waals surface area contributed by atoms with Gasteiger partial charge >= 0.3 is 6.18 Å². The van der Waals surface area contributed by atoms with E-state index >= 15 is 0 Å². The molecule has 12 heteroatoms. The quantitative estimate of drug-likeness (QED) is 0.615. The van der Waals surface area contributed by atoms with Crippen molar-refractivity contribution in [2.75, 3.05) is 20.2 Å². The highest BCUT2D eigenvalue weighted by Gasteiger charge is 2.34. The molecule has 0 saturated carbocycles. The summed E-state index contributed by atoms with van der Waals surface area (Å²) in [5.74, 6) is -2.34. The molecular formula is C19H20F3N3O5S. The zero-order valence-electron chi connectivity index (χ0n) is 16.6. The van der Waals surface area contributed by atoms with Gasteiger partial charge in [0.25, 0.3) is 11.8 Å². The van der Waals surface area contributed by atoms with Crippen LogP contribution in [0.15, 0.2) is 53.4 Å². The van der Waals surface area contributed by atoms with E-state index in [-0.39, 0.29) is 4.90 Å². The Morgan fingerprint density at radius 1 is 1.00 bits per heavy atom. The Hall–Kier alpha value is -3.12. The molecule has 0 aromatic heterocycles. The molecule has 8 nitrogen and oxygen atoms in total. The highest BCUT2D eigenvalue weighted by atomic mass is 32.2. The summed E-state index contributed by atoms with van der Waals surface area (Å²) in [7, 11) is -2.74. The lowest BCUT2D eigenvalue weighted by Gasteiger charge is -2.17. The van der Waals surface area contributed by atoms with Crippen molar-refractivity contribution in [3.8, 4) is 5.75 Å². The van der Waals surface area contributed by atoms with Gasteiger partial charge in [0.1, 0.15) is 5.75 Å². The van der Waals surface area contributed by atoms with Crippen molar-refractivity contribution < 1.29 is 35.9 Å². The van der Waals surface area contributed by atoms with Gasteiger partial charge < -0.3 is 4.74 Å². The Balaban J connectivity index is 1.86. The molecule has 168 valence electrons. The fraction of sp³-hybridized carbons (Fsp3) is 0.263. The molecule has 2 N–H and O–H groups in total. The number of aryl methyl sites for hydroxylation is 1. The number of hydrogen-bond donors (Lipinski definition) is 2. The van der Waals surface area contributed by atoms with Crippen molar-refractivity contribution in [3.63, 3.8) is 0 Å². The van der Waals surface area contributed by atoms with E-state index in [4.69, 9.17) is 4.74 Å². The second-order valence-electron chi connectivity index (χ2n) is 6.45. The summed E-state index contributed by atoms with van der Waals surface area (Å²) in [5.41, 5.74) is 3.75. The van der Waals surface area contributed by atoms with E-state index in [1.807, 2.05) is 10.9 Å². The van der Waals surface area contributed by atoms with Crippen LogP contribution in [0.25, 0.3) is 0 Å². The lowest BCUT2D eigenvalue weighted by atomic mass is 10.2. The maximum absolute atomic E-state index is 12.9. The Morgan fingerprint density at radius 2 is 1.58 bits per heavy atom. The Labute approximate surface area is 177 Å². The Kier molecular flexibility index (Phi) is 7.63. The molecule has 2 aromatic rings. The average molecular weight is 459 g/mol. The first kappa shape index (κ1) is 24.2. The van der Waals surface area contributed by atoms with E-state index in [2.05, 4.69) is 0 Å². The van der Waals surface area contributed by atoms with Crippen molar-refractivity contribution in [1.82, 2.24) is 15.2 Å². The standard InChI is InChI=1S/C19H20F3N3O5S/c1-13-7-9-14(10-8-13)31(28,29)25(2)11-17(26)23-24-18(27)12-30-16-6-4-3-5-15(16)19(20,21)22/h3-10H,11-12H2,1-2H3,(H,23,26)(H,24,27). The minimum absolute atomic E-state index is 0.00540. The maximum Gasteiger partial charge on any atom is 0.419 e. The number of carbonyl (C=O) groups excluding carboxylic acids is 2. The van der Waals surface area contributed by atoms with Crippen LogP contribution in [-0.2, 0) is 25.8 Å². The number of amides is 2. The van der Waals surface area contributed by atoms with Gasteiger partial charge in [-0.05, 0) is 31.2 Å². The van der Waals surface area contributed by atoms with Crippen LogP contribution in [0.5, 0.6) is 5.75 Å². The zero-order valence-corrected chi connectivity index (χ0v) is 17.4. The van der Waals surface area contributed by atoms with Gasteiger partial charge in [-0.25, -0.2) is 8.42 Å². The minimum Gasteiger partial charge on any atom is -0.483 e. The molecule has 0 radical (unpaired) electrons. The van der Waals surface area contributed by atoms with E-state index < -0.39 is 52.5 Å². The first-order valence-corrected chi connectivity index (χ1v) is 10.2. The van der Waals surface area contributed by atoms with Crippen LogP contribution in [0.4, 0.5) is 13.2 Å². The van der Waals surface area contributed by atoms with Gasteiger partial charge in [0, 0.05) is 7.05 Å². The van der Waals surface area contributed by atoms with Gasteiger partial charge in [0.2, 0.25) is 10.0 Å². The molecule has 2 amide bonds. The average Bonchev–Trinajstić information content (AvgIpc) is 2.70. The van der Waals surface area contributed by atoms with Gasteiger partial charge in [-0.3, -0.25) is 20.4 Å². The summed E-state index contributed by atoms with van der Waals surface area (Å²) >= 11 is 0. The van der Waals surface area contributed by atoms with Crippen LogP contribution in [0, 0.1) is 6.92 Å². The topological polar surface area (TPSA) is 105 Å². The van der Waals surface area contributed by atoms with Crippen LogP contribution in [-0.4, -0.2) is 44.7 Å². The number of nitrogens with zero attached hydrogens (tertiary/aromatic N) is 1. The molecular weight excluding hydrogens is 439 g/mol. The third-order valence-corrected chi connectivity index (χ3v) is 5.81. The summed E-state index contributed by atoms with van der Waals surface area (Å²) in [6.45, 7) is 0.390. The third kappa shape index (κ3) is 6.69. The number of benzene rings is 2. The molecule has 0 fully saturated rings. The molecule has 0 aliphatic carbocycles. The van der Waals surface area contributed by atoms with E-state index in [1.165, 1.54) is 31.3 Å². The number of rotatable bonds is 7. The highest BCUT2D eigenvalue weighted by molar-refractivity contribution is 7.89. The molecule has 2 aromatic carbocycles. The van der Waals surface area contributed by atoms with Gasteiger partial charge in [-0.2, -0.15) is 17.5 Å². The van der Waals surface area contributed by atoms with Gasteiger partial charge in [-0.15, -0.1) is 0 Å². The second kappa shape index (κ2) is 9.79. The number of likely N-dealkylation sites (N-methyl/N-ethyl adjacent to an activating group) is 1. The predicted octanol–water partition coefficient (Wildman–Crippen LogP) is 1.86. The minimum atomic E-state index is -4.66. The molecule has 0 bridgehead atoms. The van der Waals surface area contributed by atoms with E-state index in [0.717, 1.165) is 22.0 Å². The first-order valence-electron chi connectivity index (χ1n) is 8.81. The maximum atomic E-state index is 12.9. The number of para-hydroxylation sites is 1. The number of carbonyl (C=O) groups is 2. The summed E-state index contributed by atoms with van der Waals surface area (Å²) in [6.07, 6.45) is -4.66. The molecule has 0 aliphatic heterocycles. The fourth-order valence-electron chi connectivity index (χ4n) is 2.36. The van der Waals surface area contributed by atoms with Crippen molar-refractivity contribution in [2.45, 2.75) is 18.0 Å². The second-order valence-corrected chi connectivity index (χ2v) is 8.50. The van der Waals surface area contributed by atoms with Crippen LogP contribution >= 0.6 is 0 Å². The predicted molar refractivity (Wildman–Crippen MR) is 104 cm³/mol. The monoisotopic (exact) mass is 459 g/mol. The number of nitrogens with one attached hydrogen (secondary N) is 2. The molecule has 0 saturated heterocycles. The first-order chi connectivity index (χ1) is 14.4. The summed E-state index contributed by atoms with van der Waals surface area (Å²) in [6, 6.07) is 10.4. The summed E-state index contributed by atoms with van der Waals surface area (Å²) < 4.78 is 69.2. The number of halogens is 3. The van der Waals surface area contributed by atoms with Crippen LogP contribution in [0.2, 0.25) is 0 Å². The van der Waals surface area contributed by atoms with Crippen LogP contribution < -0.4 is 15.6 Å². The largest absolute Gasteiger partial charge is 0.483 e. The normalized spacial score (nSPS) is 11.8. The molecule has 0 spiro atoms. The lowest BCUT2D eigenvalue weighted by Crippen LogP contribution is -2.48. The van der Waals surface area contributed by atoms with E-state index in [9.17, 15) is 31.2 Å². The lowest BCUT2D eigenvalue weighted by molar-refractivity contribution is -0.139. The number of ether oxygens (including phenoxy) is 1.